The van der Waals surface area contributed by atoms with Gasteiger partial charge < -0.3 is 4.74 Å². The second-order valence-corrected chi connectivity index (χ2v) is 9.84. The molecule has 0 amide bonds. The molecule has 0 fully saturated rings. The number of aryl methyl sites for hydroxylation is 2. The third-order valence-corrected chi connectivity index (χ3v) is 7.37. The van der Waals surface area contributed by atoms with Gasteiger partial charge in [-0.2, -0.15) is 0 Å². The minimum absolute atomic E-state index is 0.0256. The van der Waals surface area contributed by atoms with Gasteiger partial charge in [0.2, 0.25) is 0 Å². The topological polar surface area (TPSA) is 9.23 Å². The van der Waals surface area contributed by atoms with Crippen LogP contribution in [-0.4, -0.2) is 6.71 Å². The predicted molar refractivity (Wildman–Crippen MR) is 133 cm³/mol. The zero-order valence-electron chi connectivity index (χ0n) is 19.4. The van der Waals surface area contributed by atoms with Gasteiger partial charge in [0, 0.05) is 5.41 Å². The van der Waals surface area contributed by atoms with E-state index < -0.39 is 0 Å². The van der Waals surface area contributed by atoms with E-state index in [0.717, 1.165) is 24.3 Å². The smallest absolute Gasteiger partial charge is 0.251 e. The highest BCUT2D eigenvalue weighted by atomic mass is 16.5. The molecule has 2 aliphatic heterocycles. The first-order chi connectivity index (χ1) is 15.1. The number of rotatable bonds is 6. The SMILES string of the molecule is CCCCc1ccc2c(c1)B1c3ccccc3C(C)(C)c3c(CCCC)ccc(c31)O2. The normalized spacial score (nSPS) is 15.0. The molecule has 0 unspecified atom stereocenters. The lowest BCUT2D eigenvalue weighted by Gasteiger charge is -2.43. The summed E-state index contributed by atoms with van der Waals surface area (Å²) in [5.74, 6) is 2.08. The third kappa shape index (κ3) is 3.23. The minimum Gasteiger partial charge on any atom is -0.458 e. The number of fused-ring (bicyclic) bond motifs is 4. The van der Waals surface area contributed by atoms with Crippen molar-refractivity contribution < 1.29 is 4.74 Å². The van der Waals surface area contributed by atoms with E-state index in [1.54, 1.807) is 0 Å². The van der Waals surface area contributed by atoms with Crippen LogP contribution < -0.4 is 21.1 Å². The van der Waals surface area contributed by atoms with E-state index in [-0.39, 0.29) is 12.1 Å². The molecule has 5 rings (SSSR count). The summed E-state index contributed by atoms with van der Waals surface area (Å²) in [5.41, 5.74) is 10.1. The molecule has 158 valence electrons. The quantitative estimate of drug-likeness (QED) is 0.376. The highest BCUT2D eigenvalue weighted by Gasteiger charge is 2.45. The Labute approximate surface area is 187 Å². The lowest BCUT2D eigenvalue weighted by Crippen LogP contribution is -2.62. The average molecular weight is 408 g/mol. The monoisotopic (exact) mass is 408 g/mol. The van der Waals surface area contributed by atoms with Gasteiger partial charge in [-0.1, -0.05) is 88.5 Å². The summed E-state index contributed by atoms with van der Waals surface area (Å²) in [4.78, 5) is 0. The van der Waals surface area contributed by atoms with Crippen LogP contribution >= 0.6 is 0 Å². The molecule has 2 aliphatic rings. The van der Waals surface area contributed by atoms with Crippen LogP contribution in [-0.2, 0) is 18.3 Å². The molecule has 2 heteroatoms. The number of hydrogen-bond donors (Lipinski definition) is 0. The second-order valence-electron chi connectivity index (χ2n) is 9.84. The van der Waals surface area contributed by atoms with Crippen molar-refractivity contribution in [3.63, 3.8) is 0 Å². The van der Waals surface area contributed by atoms with Crippen LogP contribution in [0.4, 0.5) is 0 Å². The summed E-state index contributed by atoms with van der Waals surface area (Å²) in [6, 6.07) is 20.6. The van der Waals surface area contributed by atoms with Crippen LogP contribution in [0.15, 0.2) is 54.6 Å². The summed E-state index contributed by atoms with van der Waals surface area (Å²) in [6.45, 7) is 9.62. The molecule has 1 nitrogen and oxygen atoms in total. The molecule has 3 aromatic carbocycles. The molecule has 2 heterocycles. The van der Waals surface area contributed by atoms with Crippen molar-refractivity contribution in [1.82, 2.24) is 0 Å². The molecule has 31 heavy (non-hydrogen) atoms. The molecule has 0 N–H and O–H groups in total. The lowest BCUT2D eigenvalue weighted by molar-refractivity contribution is 0.483. The van der Waals surface area contributed by atoms with E-state index in [1.807, 2.05) is 0 Å². The van der Waals surface area contributed by atoms with Crippen LogP contribution in [0.5, 0.6) is 11.5 Å². The van der Waals surface area contributed by atoms with Gasteiger partial charge in [-0.3, -0.25) is 0 Å². The van der Waals surface area contributed by atoms with Gasteiger partial charge in [0.1, 0.15) is 11.5 Å². The summed E-state index contributed by atoms with van der Waals surface area (Å²) in [5, 5.41) is 0. The Morgan fingerprint density at radius 3 is 2.35 bits per heavy atom. The average Bonchev–Trinajstić information content (AvgIpc) is 2.78. The summed E-state index contributed by atoms with van der Waals surface area (Å²) in [7, 11) is 0. The predicted octanol–water partition coefficient (Wildman–Crippen LogP) is 5.63. The van der Waals surface area contributed by atoms with Crippen molar-refractivity contribution in [3.8, 4) is 11.5 Å². The van der Waals surface area contributed by atoms with Crippen molar-refractivity contribution in [2.75, 3.05) is 0 Å². The van der Waals surface area contributed by atoms with Gasteiger partial charge in [-0.25, -0.2) is 0 Å². The van der Waals surface area contributed by atoms with Crippen molar-refractivity contribution in [3.05, 3.63) is 76.9 Å². The van der Waals surface area contributed by atoms with Crippen LogP contribution in [0.1, 0.15) is 75.6 Å². The third-order valence-electron chi connectivity index (χ3n) is 7.37. The Bertz CT molecular complexity index is 1130. The fourth-order valence-electron chi connectivity index (χ4n) is 5.84. The number of hydrogen-bond acceptors (Lipinski definition) is 1. The molecule has 0 aromatic heterocycles. The van der Waals surface area contributed by atoms with Crippen molar-refractivity contribution in [1.29, 1.82) is 0 Å². The first kappa shape index (κ1) is 20.4. The Morgan fingerprint density at radius 1 is 0.806 bits per heavy atom. The maximum atomic E-state index is 6.55. The second kappa shape index (κ2) is 7.90. The molecule has 0 spiro atoms. The van der Waals surface area contributed by atoms with E-state index in [1.165, 1.54) is 64.3 Å². The molecule has 3 aromatic rings. The van der Waals surface area contributed by atoms with E-state index in [2.05, 4.69) is 82.3 Å². The van der Waals surface area contributed by atoms with E-state index in [0.29, 0.717) is 0 Å². The molecule has 0 atom stereocenters. The maximum absolute atomic E-state index is 6.55. The van der Waals surface area contributed by atoms with Crippen molar-refractivity contribution in [2.45, 2.75) is 71.6 Å². The van der Waals surface area contributed by atoms with Crippen LogP contribution in [0, 0.1) is 0 Å². The molecule has 0 radical (unpaired) electrons. The first-order valence-corrected chi connectivity index (χ1v) is 12.1. The van der Waals surface area contributed by atoms with E-state index >= 15 is 0 Å². The van der Waals surface area contributed by atoms with Gasteiger partial charge in [0.05, 0.1) is 0 Å². The molecule has 0 bridgehead atoms. The Morgan fingerprint density at radius 2 is 1.55 bits per heavy atom. The maximum Gasteiger partial charge on any atom is 0.251 e. The van der Waals surface area contributed by atoms with Crippen LogP contribution in [0.2, 0.25) is 0 Å². The van der Waals surface area contributed by atoms with Gasteiger partial charge in [-0.05, 0) is 71.0 Å². The van der Waals surface area contributed by atoms with Crippen molar-refractivity contribution >= 4 is 23.1 Å². The first-order valence-electron chi connectivity index (χ1n) is 12.1. The highest BCUT2D eigenvalue weighted by Crippen LogP contribution is 2.40. The zero-order valence-corrected chi connectivity index (χ0v) is 19.4. The fraction of sp³-hybridized carbons (Fsp3) is 0.379. The lowest BCUT2D eigenvalue weighted by atomic mass is 9.30. The highest BCUT2D eigenvalue weighted by molar-refractivity contribution is 6.98. The number of unbranched alkanes of at least 4 members (excludes halogenated alkanes) is 2. The number of benzene rings is 3. The summed E-state index contributed by atoms with van der Waals surface area (Å²) >= 11 is 0. The number of ether oxygens (including phenoxy) is 1. The standard InChI is InChI=1S/C29H33BO/c1-5-7-11-20-15-17-25-24(19-20)30-23-14-10-9-13-22(23)29(3,4)27-21(12-8-6-2)16-18-26(31-25)28(27)30/h9-10,13-19H,5-8,11-12H2,1-4H3. The van der Waals surface area contributed by atoms with Crippen LogP contribution in [0.25, 0.3) is 0 Å². The largest absolute Gasteiger partial charge is 0.458 e. The molecule has 0 saturated carbocycles. The van der Waals surface area contributed by atoms with E-state index in [4.69, 9.17) is 4.74 Å². The molecule has 0 saturated heterocycles. The van der Waals surface area contributed by atoms with E-state index in [9.17, 15) is 0 Å². The Balaban J connectivity index is 1.76. The van der Waals surface area contributed by atoms with Gasteiger partial charge in [0.15, 0.2) is 0 Å². The van der Waals surface area contributed by atoms with Gasteiger partial charge >= 0.3 is 0 Å². The molecular weight excluding hydrogens is 375 g/mol. The fourth-order valence-corrected chi connectivity index (χ4v) is 5.84. The Kier molecular flexibility index (Phi) is 5.20. The summed E-state index contributed by atoms with van der Waals surface area (Å²) < 4.78 is 6.55. The molecule has 0 aliphatic carbocycles. The minimum atomic E-state index is -0.0256. The Hall–Kier alpha value is -2.48. The molecular formula is C29H33BO. The zero-order chi connectivity index (χ0) is 21.6. The van der Waals surface area contributed by atoms with Gasteiger partial charge in [-0.15, -0.1) is 0 Å². The van der Waals surface area contributed by atoms with Crippen molar-refractivity contribution in [2.24, 2.45) is 0 Å². The van der Waals surface area contributed by atoms with Gasteiger partial charge in [0.25, 0.3) is 6.71 Å². The summed E-state index contributed by atoms with van der Waals surface area (Å²) in [6.07, 6.45) is 7.18. The van der Waals surface area contributed by atoms with Crippen LogP contribution in [0.3, 0.4) is 0 Å².